The number of Topliss-reactive ketones (excluding diaryl/α,β-unsaturated/α-hetero) is 1. The first-order chi connectivity index (χ1) is 12.7. The second-order valence-corrected chi connectivity index (χ2v) is 6.29. The van der Waals surface area contributed by atoms with Gasteiger partial charge in [-0.2, -0.15) is 5.10 Å². The zero-order valence-corrected chi connectivity index (χ0v) is 14.2. The molecule has 0 unspecified atom stereocenters. The second kappa shape index (κ2) is 6.96. The molecular formula is C21H18N2O3. The van der Waals surface area contributed by atoms with Crippen LogP contribution < -0.4 is 0 Å². The summed E-state index contributed by atoms with van der Waals surface area (Å²) in [4.78, 5) is 24.6. The molecule has 0 N–H and O–H groups in total. The van der Waals surface area contributed by atoms with E-state index in [2.05, 4.69) is 5.10 Å². The average molecular weight is 346 g/mol. The average Bonchev–Trinajstić information content (AvgIpc) is 3.30. The Morgan fingerprint density at radius 1 is 1.04 bits per heavy atom. The summed E-state index contributed by atoms with van der Waals surface area (Å²) in [6.07, 6.45) is 2.88. The summed E-state index contributed by atoms with van der Waals surface area (Å²) in [5.41, 5.74) is 2.58. The summed E-state index contributed by atoms with van der Waals surface area (Å²) in [5, 5.41) is 4.60. The van der Waals surface area contributed by atoms with Crippen molar-refractivity contribution in [1.82, 2.24) is 9.78 Å². The topological polar surface area (TPSA) is 61.2 Å². The second-order valence-electron chi connectivity index (χ2n) is 6.29. The quantitative estimate of drug-likeness (QED) is 0.674. The zero-order valence-electron chi connectivity index (χ0n) is 14.2. The summed E-state index contributed by atoms with van der Waals surface area (Å²) in [7, 11) is 0. The van der Waals surface area contributed by atoms with Crippen LogP contribution in [0.15, 0.2) is 66.9 Å². The van der Waals surface area contributed by atoms with E-state index < -0.39 is 12.1 Å². The van der Waals surface area contributed by atoms with Crippen molar-refractivity contribution in [3.05, 3.63) is 72.4 Å². The molecule has 0 bridgehead atoms. The molecule has 1 aromatic heterocycles. The van der Waals surface area contributed by atoms with Crippen LogP contribution in [0.2, 0.25) is 0 Å². The fraction of sp³-hybridized carbons (Fsp3) is 0.190. The monoisotopic (exact) mass is 346 g/mol. The normalized spacial score (nSPS) is 16.6. The molecule has 0 spiro atoms. The lowest BCUT2D eigenvalue weighted by Gasteiger charge is -2.10. The van der Waals surface area contributed by atoms with Gasteiger partial charge >= 0.3 is 5.97 Å². The van der Waals surface area contributed by atoms with Gasteiger partial charge < -0.3 is 4.74 Å². The third kappa shape index (κ3) is 3.16. The van der Waals surface area contributed by atoms with Gasteiger partial charge in [-0.3, -0.25) is 4.79 Å². The number of hydrogen-bond donors (Lipinski definition) is 0. The number of benzene rings is 2. The van der Waals surface area contributed by atoms with E-state index in [0.29, 0.717) is 24.1 Å². The van der Waals surface area contributed by atoms with E-state index in [1.54, 1.807) is 10.9 Å². The molecule has 5 nitrogen and oxygen atoms in total. The van der Waals surface area contributed by atoms with Gasteiger partial charge in [0.1, 0.15) is 11.3 Å². The van der Waals surface area contributed by atoms with Crippen LogP contribution in [-0.4, -0.2) is 27.6 Å². The van der Waals surface area contributed by atoms with Crippen LogP contribution >= 0.6 is 0 Å². The van der Waals surface area contributed by atoms with Gasteiger partial charge in [-0.25, -0.2) is 9.48 Å². The molecule has 0 saturated heterocycles. The van der Waals surface area contributed by atoms with Gasteiger partial charge in [-0.1, -0.05) is 48.5 Å². The minimum Gasteiger partial charge on any atom is -0.451 e. The predicted octanol–water partition coefficient (Wildman–Crippen LogP) is 3.82. The van der Waals surface area contributed by atoms with E-state index in [1.165, 1.54) is 0 Å². The number of ether oxygens (including phenoxy) is 1. The molecule has 2 aromatic carbocycles. The molecule has 1 heterocycles. The molecule has 1 atom stereocenters. The van der Waals surface area contributed by atoms with Crippen LogP contribution in [0.25, 0.3) is 16.9 Å². The highest BCUT2D eigenvalue weighted by atomic mass is 16.5. The Morgan fingerprint density at radius 2 is 1.73 bits per heavy atom. The highest BCUT2D eigenvalue weighted by Crippen LogP contribution is 2.26. The summed E-state index contributed by atoms with van der Waals surface area (Å²) in [6.45, 7) is 0. The SMILES string of the molecule is O=C(O[C@@H]1CCCC1=O)c1cn(-c2ccccc2)nc1-c1ccccc1. The molecule has 5 heteroatoms. The largest absolute Gasteiger partial charge is 0.451 e. The fourth-order valence-corrected chi connectivity index (χ4v) is 3.15. The third-order valence-electron chi connectivity index (χ3n) is 4.50. The molecular weight excluding hydrogens is 328 g/mol. The Hall–Kier alpha value is -3.21. The highest BCUT2D eigenvalue weighted by Gasteiger charge is 2.30. The summed E-state index contributed by atoms with van der Waals surface area (Å²) >= 11 is 0. The van der Waals surface area contributed by atoms with Gasteiger partial charge in [0.05, 0.1) is 5.69 Å². The smallest absolute Gasteiger partial charge is 0.342 e. The van der Waals surface area contributed by atoms with Crippen LogP contribution in [-0.2, 0) is 9.53 Å². The number of carbonyl (C=O) groups is 2. The van der Waals surface area contributed by atoms with E-state index in [1.807, 2.05) is 60.7 Å². The van der Waals surface area contributed by atoms with E-state index in [-0.39, 0.29) is 5.78 Å². The molecule has 130 valence electrons. The lowest BCUT2D eigenvalue weighted by molar-refractivity contribution is -0.124. The van der Waals surface area contributed by atoms with Crippen LogP contribution in [0.3, 0.4) is 0 Å². The first kappa shape index (κ1) is 16.3. The van der Waals surface area contributed by atoms with Crippen molar-refractivity contribution < 1.29 is 14.3 Å². The number of hydrogen-bond acceptors (Lipinski definition) is 4. The number of ketones is 1. The summed E-state index contributed by atoms with van der Waals surface area (Å²) in [5.74, 6) is -0.513. The van der Waals surface area contributed by atoms with Gasteiger partial charge in [0.2, 0.25) is 0 Å². The van der Waals surface area contributed by atoms with E-state index in [0.717, 1.165) is 17.7 Å². The van der Waals surface area contributed by atoms with Crippen molar-refractivity contribution in [1.29, 1.82) is 0 Å². The number of rotatable bonds is 4. The van der Waals surface area contributed by atoms with Gasteiger partial charge in [-0.05, 0) is 25.0 Å². The summed E-state index contributed by atoms with van der Waals surface area (Å²) < 4.78 is 7.14. The lowest BCUT2D eigenvalue weighted by atomic mass is 10.1. The molecule has 0 aliphatic heterocycles. The molecule has 4 rings (SSSR count). The maximum absolute atomic E-state index is 12.8. The number of esters is 1. The Kier molecular flexibility index (Phi) is 4.35. The van der Waals surface area contributed by atoms with Crippen molar-refractivity contribution in [2.75, 3.05) is 0 Å². The minimum absolute atomic E-state index is 0.00457. The Balaban J connectivity index is 1.73. The molecule has 0 radical (unpaired) electrons. The van der Waals surface area contributed by atoms with Crippen LogP contribution in [0, 0.1) is 0 Å². The molecule has 1 saturated carbocycles. The Morgan fingerprint density at radius 3 is 2.38 bits per heavy atom. The molecule has 3 aromatic rings. The molecule has 1 aliphatic carbocycles. The minimum atomic E-state index is -0.633. The molecule has 1 fully saturated rings. The van der Waals surface area contributed by atoms with Crippen LogP contribution in [0.4, 0.5) is 0 Å². The Labute approximate surface area is 151 Å². The maximum atomic E-state index is 12.8. The number of para-hydroxylation sites is 1. The van der Waals surface area contributed by atoms with Gasteiger partial charge in [-0.15, -0.1) is 0 Å². The maximum Gasteiger partial charge on any atom is 0.342 e. The van der Waals surface area contributed by atoms with Crippen molar-refractivity contribution in [2.24, 2.45) is 0 Å². The van der Waals surface area contributed by atoms with Gasteiger partial charge in [0.25, 0.3) is 0 Å². The van der Waals surface area contributed by atoms with Crippen molar-refractivity contribution in [2.45, 2.75) is 25.4 Å². The standard InChI is InChI=1S/C21H18N2O3/c24-18-12-7-13-19(18)26-21(25)17-14-23(16-10-5-2-6-11-16)22-20(17)15-8-3-1-4-9-15/h1-6,8-11,14,19H,7,12-13H2/t19-/m1/s1. The number of carbonyl (C=O) groups excluding carboxylic acids is 2. The van der Waals surface area contributed by atoms with Gasteiger partial charge in [0.15, 0.2) is 11.9 Å². The molecule has 1 aliphatic rings. The molecule has 26 heavy (non-hydrogen) atoms. The van der Waals surface area contributed by atoms with E-state index >= 15 is 0 Å². The van der Waals surface area contributed by atoms with Crippen molar-refractivity contribution in [3.8, 4) is 16.9 Å². The first-order valence-electron chi connectivity index (χ1n) is 8.66. The zero-order chi connectivity index (χ0) is 17.9. The Bertz CT molecular complexity index is 932. The first-order valence-corrected chi connectivity index (χ1v) is 8.66. The summed E-state index contributed by atoms with van der Waals surface area (Å²) in [6, 6.07) is 19.1. The predicted molar refractivity (Wildman–Crippen MR) is 97.1 cm³/mol. The number of nitrogens with zero attached hydrogens (tertiary/aromatic N) is 2. The third-order valence-corrected chi connectivity index (χ3v) is 4.50. The fourth-order valence-electron chi connectivity index (χ4n) is 3.15. The van der Waals surface area contributed by atoms with Gasteiger partial charge in [0, 0.05) is 18.2 Å². The van der Waals surface area contributed by atoms with E-state index in [4.69, 9.17) is 4.74 Å². The van der Waals surface area contributed by atoms with E-state index in [9.17, 15) is 9.59 Å². The number of aromatic nitrogens is 2. The van der Waals surface area contributed by atoms with Crippen molar-refractivity contribution in [3.63, 3.8) is 0 Å². The van der Waals surface area contributed by atoms with Crippen LogP contribution in [0.5, 0.6) is 0 Å². The van der Waals surface area contributed by atoms with Crippen molar-refractivity contribution >= 4 is 11.8 Å². The molecule has 0 amide bonds. The van der Waals surface area contributed by atoms with Crippen LogP contribution in [0.1, 0.15) is 29.6 Å². The lowest BCUT2D eigenvalue weighted by Crippen LogP contribution is -2.22. The highest BCUT2D eigenvalue weighted by molar-refractivity contribution is 5.98.